The van der Waals surface area contributed by atoms with Gasteiger partial charge in [-0.05, 0) is 64.4 Å². The molecule has 1 atom stereocenters. The predicted molar refractivity (Wildman–Crippen MR) is 86.2 cm³/mol. The molecule has 0 spiro atoms. The van der Waals surface area contributed by atoms with Crippen LogP contribution in [0.5, 0.6) is 0 Å². The van der Waals surface area contributed by atoms with Crippen LogP contribution in [0.1, 0.15) is 33.6 Å². The van der Waals surface area contributed by atoms with Gasteiger partial charge in [-0.1, -0.05) is 0 Å². The zero-order valence-corrected chi connectivity index (χ0v) is 14.0. The molecule has 6 nitrogen and oxygen atoms in total. The topological polar surface area (TPSA) is 87.3 Å². The van der Waals surface area contributed by atoms with E-state index in [1.807, 2.05) is 0 Å². The Morgan fingerprint density at radius 1 is 1.23 bits per heavy atom. The third-order valence-electron chi connectivity index (χ3n) is 3.25. The summed E-state index contributed by atoms with van der Waals surface area (Å²) in [5, 5.41) is 5.91. The number of hydrogen-bond acceptors (Lipinski definition) is 4. The van der Waals surface area contributed by atoms with Crippen LogP contribution < -0.4 is 15.4 Å². The van der Waals surface area contributed by atoms with Gasteiger partial charge in [0.2, 0.25) is 15.9 Å². The van der Waals surface area contributed by atoms with Crippen LogP contribution >= 0.6 is 0 Å². The van der Waals surface area contributed by atoms with E-state index in [0.29, 0.717) is 5.69 Å². The summed E-state index contributed by atoms with van der Waals surface area (Å²) in [6.07, 6.45) is 1.82. The van der Waals surface area contributed by atoms with Gasteiger partial charge in [0.25, 0.3) is 0 Å². The van der Waals surface area contributed by atoms with Crippen molar-refractivity contribution in [3.05, 3.63) is 24.3 Å². The molecule has 1 saturated heterocycles. The minimum absolute atomic E-state index is 0.0825. The van der Waals surface area contributed by atoms with Crippen molar-refractivity contribution in [1.82, 2.24) is 10.0 Å². The second-order valence-electron chi connectivity index (χ2n) is 6.52. The van der Waals surface area contributed by atoms with Crippen molar-refractivity contribution >= 4 is 21.6 Å². The third kappa shape index (κ3) is 4.53. The van der Waals surface area contributed by atoms with Gasteiger partial charge in [0, 0.05) is 11.2 Å². The van der Waals surface area contributed by atoms with E-state index in [0.717, 1.165) is 19.4 Å². The van der Waals surface area contributed by atoms with Crippen LogP contribution in [0, 0.1) is 0 Å². The largest absolute Gasteiger partial charge is 0.325 e. The summed E-state index contributed by atoms with van der Waals surface area (Å²) in [5.41, 5.74) is 0.0493. The highest BCUT2D eigenvalue weighted by molar-refractivity contribution is 7.89. The molecule has 0 bridgehead atoms. The van der Waals surface area contributed by atoms with Crippen LogP contribution in [0.25, 0.3) is 0 Å². The average Bonchev–Trinajstić information content (AvgIpc) is 2.90. The van der Waals surface area contributed by atoms with E-state index in [4.69, 9.17) is 0 Å². The van der Waals surface area contributed by atoms with Crippen LogP contribution in [0.4, 0.5) is 5.69 Å². The van der Waals surface area contributed by atoms with Crippen molar-refractivity contribution in [2.45, 2.75) is 50.1 Å². The maximum atomic E-state index is 12.2. The summed E-state index contributed by atoms with van der Waals surface area (Å²) in [6, 6.07) is 6.03. The number of carbonyl (C=O) groups is 1. The molecule has 1 aromatic carbocycles. The van der Waals surface area contributed by atoms with E-state index in [1.165, 1.54) is 12.1 Å². The van der Waals surface area contributed by atoms with Crippen LogP contribution in [0.2, 0.25) is 0 Å². The molecule has 0 aliphatic carbocycles. The molecule has 0 saturated carbocycles. The predicted octanol–water partition coefficient (Wildman–Crippen LogP) is 1.45. The lowest BCUT2D eigenvalue weighted by Gasteiger charge is -2.20. The van der Waals surface area contributed by atoms with Crippen molar-refractivity contribution in [3.8, 4) is 0 Å². The van der Waals surface area contributed by atoms with E-state index in [1.54, 1.807) is 32.9 Å². The molecule has 122 valence electrons. The Bertz CT molecular complexity index is 627. The third-order valence-corrected chi connectivity index (χ3v) is 5.02. The molecule has 1 heterocycles. The number of rotatable bonds is 4. The van der Waals surface area contributed by atoms with E-state index in [-0.39, 0.29) is 16.8 Å². The van der Waals surface area contributed by atoms with Gasteiger partial charge in [-0.2, -0.15) is 0 Å². The Hall–Kier alpha value is -1.44. The van der Waals surface area contributed by atoms with Gasteiger partial charge in [-0.3, -0.25) is 4.79 Å². The summed E-state index contributed by atoms with van der Waals surface area (Å²) in [7, 11) is -3.55. The zero-order chi connectivity index (χ0) is 16.4. The van der Waals surface area contributed by atoms with Gasteiger partial charge in [0.1, 0.15) is 0 Å². The summed E-state index contributed by atoms with van der Waals surface area (Å²) >= 11 is 0. The van der Waals surface area contributed by atoms with Crippen LogP contribution in [-0.2, 0) is 14.8 Å². The van der Waals surface area contributed by atoms with Gasteiger partial charge in [-0.25, -0.2) is 13.1 Å². The molecule has 7 heteroatoms. The van der Waals surface area contributed by atoms with Gasteiger partial charge in [-0.15, -0.1) is 0 Å². The van der Waals surface area contributed by atoms with Gasteiger partial charge < -0.3 is 10.6 Å². The Labute approximate surface area is 131 Å². The molecule has 1 amide bonds. The molecule has 2 rings (SSSR count). The molecule has 1 aliphatic heterocycles. The normalized spacial score (nSPS) is 19.1. The first kappa shape index (κ1) is 16.9. The van der Waals surface area contributed by atoms with Crippen LogP contribution in [0.15, 0.2) is 29.2 Å². The molecule has 3 N–H and O–H groups in total. The first-order valence-corrected chi connectivity index (χ1v) is 8.84. The van der Waals surface area contributed by atoms with Crippen LogP contribution in [0.3, 0.4) is 0 Å². The van der Waals surface area contributed by atoms with E-state index in [9.17, 15) is 13.2 Å². The fraction of sp³-hybridized carbons (Fsp3) is 0.533. The molecule has 0 aromatic heterocycles. The molecular weight excluding hydrogens is 302 g/mol. The number of anilines is 1. The molecular formula is C15H23N3O3S. The first-order valence-electron chi connectivity index (χ1n) is 7.36. The lowest BCUT2D eigenvalue weighted by atomic mass is 10.1. The van der Waals surface area contributed by atoms with Crippen molar-refractivity contribution in [1.29, 1.82) is 0 Å². The molecule has 1 aromatic rings. The molecule has 22 heavy (non-hydrogen) atoms. The zero-order valence-electron chi connectivity index (χ0n) is 13.1. The van der Waals surface area contributed by atoms with Crippen molar-refractivity contribution < 1.29 is 13.2 Å². The maximum absolute atomic E-state index is 12.2. The average molecular weight is 325 g/mol. The van der Waals surface area contributed by atoms with E-state index in [2.05, 4.69) is 15.4 Å². The maximum Gasteiger partial charge on any atom is 0.241 e. The molecule has 1 aliphatic rings. The van der Waals surface area contributed by atoms with Gasteiger partial charge in [0.05, 0.1) is 10.9 Å². The summed E-state index contributed by atoms with van der Waals surface area (Å²) in [4.78, 5) is 12.2. The van der Waals surface area contributed by atoms with Crippen molar-refractivity contribution in [2.75, 3.05) is 11.9 Å². The lowest BCUT2D eigenvalue weighted by Crippen LogP contribution is -2.40. The fourth-order valence-corrected chi connectivity index (χ4v) is 3.74. The second-order valence-corrected chi connectivity index (χ2v) is 8.20. The SMILES string of the molecule is CC(C)(C)NS(=O)(=O)c1ccc(NC(=O)C2CCCN2)cc1. The first-order chi connectivity index (χ1) is 10.2. The molecule has 1 fully saturated rings. The highest BCUT2D eigenvalue weighted by Gasteiger charge is 2.23. The number of nitrogens with one attached hydrogen (secondary N) is 3. The quantitative estimate of drug-likeness (QED) is 0.782. The molecule has 0 radical (unpaired) electrons. The Morgan fingerprint density at radius 2 is 1.86 bits per heavy atom. The number of amides is 1. The van der Waals surface area contributed by atoms with E-state index >= 15 is 0 Å². The Balaban J connectivity index is 2.05. The minimum Gasteiger partial charge on any atom is -0.325 e. The standard InChI is InChI=1S/C15H23N3O3S/c1-15(2,3)18-22(20,21)12-8-6-11(7-9-12)17-14(19)13-5-4-10-16-13/h6-9,13,16,18H,4-5,10H2,1-3H3,(H,17,19). The Kier molecular flexibility index (Phi) is 4.89. The number of hydrogen-bond donors (Lipinski definition) is 3. The van der Waals surface area contributed by atoms with Crippen molar-refractivity contribution in [3.63, 3.8) is 0 Å². The number of sulfonamides is 1. The minimum atomic E-state index is -3.55. The monoisotopic (exact) mass is 325 g/mol. The van der Waals surface area contributed by atoms with Gasteiger partial charge in [0.15, 0.2) is 0 Å². The fourth-order valence-electron chi connectivity index (χ4n) is 2.32. The second kappa shape index (κ2) is 6.36. The van der Waals surface area contributed by atoms with Gasteiger partial charge >= 0.3 is 0 Å². The summed E-state index contributed by atoms with van der Waals surface area (Å²) < 4.78 is 27.0. The smallest absolute Gasteiger partial charge is 0.241 e. The molecule has 1 unspecified atom stereocenters. The Morgan fingerprint density at radius 3 is 2.36 bits per heavy atom. The van der Waals surface area contributed by atoms with Crippen molar-refractivity contribution in [2.24, 2.45) is 0 Å². The highest BCUT2D eigenvalue weighted by Crippen LogP contribution is 2.17. The van der Waals surface area contributed by atoms with E-state index < -0.39 is 15.6 Å². The lowest BCUT2D eigenvalue weighted by molar-refractivity contribution is -0.117. The highest BCUT2D eigenvalue weighted by atomic mass is 32.2. The summed E-state index contributed by atoms with van der Waals surface area (Å²) in [6.45, 7) is 6.21. The number of benzene rings is 1. The number of carbonyl (C=O) groups excluding carboxylic acids is 1. The summed E-state index contributed by atoms with van der Waals surface area (Å²) in [5.74, 6) is -0.0825. The van der Waals surface area contributed by atoms with Crippen LogP contribution in [-0.4, -0.2) is 32.5 Å².